The predicted octanol–water partition coefficient (Wildman–Crippen LogP) is 0.799. The summed E-state index contributed by atoms with van der Waals surface area (Å²) < 4.78 is 41.4. The van der Waals surface area contributed by atoms with Gasteiger partial charge in [-0.15, -0.1) is 5.10 Å². The number of methoxy groups -OCH3 is 1. The smallest absolute Gasteiger partial charge is 0.378 e. The molecule has 8 heteroatoms. The zero-order valence-electron chi connectivity index (χ0n) is 7.78. The quantitative estimate of drug-likeness (QED) is 0.708. The topological polar surface area (TPSA) is 57.0 Å². The van der Waals surface area contributed by atoms with Crippen molar-refractivity contribution in [2.75, 3.05) is 7.11 Å². The van der Waals surface area contributed by atoms with Gasteiger partial charge in [0.15, 0.2) is 12.0 Å². The van der Waals surface area contributed by atoms with Gasteiger partial charge in [-0.3, -0.25) is 4.79 Å². The van der Waals surface area contributed by atoms with Crippen molar-refractivity contribution in [3.63, 3.8) is 0 Å². The summed E-state index contributed by atoms with van der Waals surface area (Å²) in [5.41, 5.74) is -0.120. The number of hydrogen-bond donors (Lipinski definition) is 0. The average molecular weight is 223 g/mol. The highest BCUT2D eigenvalue weighted by molar-refractivity contribution is 5.73. The van der Waals surface area contributed by atoms with E-state index >= 15 is 0 Å². The molecule has 0 radical (unpaired) electrons. The molecule has 1 aromatic rings. The van der Waals surface area contributed by atoms with Crippen molar-refractivity contribution in [2.45, 2.75) is 19.3 Å². The van der Waals surface area contributed by atoms with Gasteiger partial charge in [0.1, 0.15) is 6.54 Å². The molecule has 1 rings (SSSR count). The maximum absolute atomic E-state index is 12.1. The van der Waals surface area contributed by atoms with Crippen LogP contribution in [0, 0.1) is 0 Å². The van der Waals surface area contributed by atoms with Gasteiger partial charge in [0, 0.05) is 7.11 Å². The summed E-state index contributed by atoms with van der Waals surface area (Å²) in [6.07, 6.45) is -4.06. The summed E-state index contributed by atoms with van der Waals surface area (Å²) in [5.74, 6) is 0. The van der Waals surface area contributed by atoms with E-state index in [-0.39, 0.29) is 18.0 Å². The van der Waals surface area contributed by atoms with Crippen LogP contribution in [0.2, 0.25) is 0 Å². The summed E-state index contributed by atoms with van der Waals surface area (Å²) in [4.78, 5) is 10.4. The van der Waals surface area contributed by atoms with Crippen molar-refractivity contribution in [1.29, 1.82) is 0 Å². The highest BCUT2D eigenvalue weighted by Gasteiger charge is 2.30. The van der Waals surface area contributed by atoms with Crippen LogP contribution in [0.25, 0.3) is 0 Å². The van der Waals surface area contributed by atoms with Crippen LogP contribution in [0.3, 0.4) is 0 Å². The third kappa shape index (κ3) is 3.01. The first-order chi connectivity index (χ1) is 6.98. The van der Waals surface area contributed by atoms with Crippen molar-refractivity contribution in [1.82, 2.24) is 15.0 Å². The fourth-order valence-corrected chi connectivity index (χ4v) is 1.02. The van der Waals surface area contributed by atoms with Gasteiger partial charge in [0.25, 0.3) is 0 Å². The Morgan fingerprint density at radius 3 is 2.67 bits per heavy atom. The zero-order chi connectivity index (χ0) is 11.5. The van der Waals surface area contributed by atoms with Crippen LogP contribution in [0.5, 0.6) is 0 Å². The molecular weight excluding hydrogens is 215 g/mol. The number of hydrogen-bond acceptors (Lipinski definition) is 4. The Bertz CT molecular complexity index is 348. The molecule has 0 bridgehead atoms. The number of alkyl halides is 3. The number of carbonyl (C=O) groups is 1. The van der Waals surface area contributed by atoms with Gasteiger partial charge >= 0.3 is 6.18 Å². The first kappa shape index (κ1) is 11.6. The number of nitrogens with zero attached hydrogens (tertiary/aromatic N) is 3. The normalized spacial score (nSPS) is 11.7. The van der Waals surface area contributed by atoms with Crippen LogP contribution in [-0.2, 0) is 17.9 Å². The van der Waals surface area contributed by atoms with Crippen LogP contribution in [-0.4, -0.2) is 34.6 Å². The molecular formula is C7H8F3N3O2. The Kier molecular flexibility index (Phi) is 3.40. The monoisotopic (exact) mass is 223 g/mol. The first-order valence-corrected chi connectivity index (χ1v) is 3.91. The lowest BCUT2D eigenvalue weighted by molar-refractivity contribution is -0.143. The molecule has 0 saturated carbocycles. The Morgan fingerprint density at radius 2 is 2.20 bits per heavy atom. The van der Waals surface area contributed by atoms with Gasteiger partial charge in [0.2, 0.25) is 0 Å². The molecule has 0 atom stereocenters. The molecule has 0 aliphatic carbocycles. The lowest BCUT2D eigenvalue weighted by atomic mass is 10.3. The van der Waals surface area contributed by atoms with Gasteiger partial charge < -0.3 is 4.74 Å². The maximum Gasteiger partial charge on any atom is 0.408 e. The fraction of sp³-hybridized carbons (Fsp3) is 0.571. The van der Waals surface area contributed by atoms with Gasteiger partial charge in [-0.05, 0) is 0 Å². The highest BCUT2D eigenvalue weighted by Crippen LogP contribution is 2.18. The molecule has 0 saturated heterocycles. The molecule has 1 aromatic heterocycles. The molecule has 5 nitrogen and oxygen atoms in total. The minimum Gasteiger partial charge on any atom is -0.378 e. The van der Waals surface area contributed by atoms with E-state index in [9.17, 15) is 18.0 Å². The standard InChI is InChI=1S/C7H8F3N3O2/c1-15-3-6-5(2-14)11-12-13(6)4-7(8,9)10/h2H,3-4H2,1H3. The predicted molar refractivity (Wildman–Crippen MR) is 42.2 cm³/mol. The van der Waals surface area contributed by atoms with Crippen molar-refractivity contribution < 1.29 is 22.7 Å². The summed E-state index contributed by atoms with van der Waals surface area (Å²) in [6, 6.07) is 0. The zero-order valence-corrected chi connectivity index (χ0v) is 7.78. The van der Waals surface area contributed by atoms with Gasteiger partial charge in [-0.1, -0.05) is 5.21 Å². The molecule has 0 N–H and O–H groups in total. The highest BCUT2D eigenvalue weighted by atomic mass is 19.4. The number of halogens is 3. The van der Waals surface area contributed by atoms with E-state index in [0.29, 0.717) is 11.0 Å². The molecule has 0 unspecified atom stereocenters. The first-order valence-electron chi connectivity index (χ1n) is 3.91. The number of aldehydes is 1. The summed E-state index contributed by atoms with van der Waals surface area (Å²) in [6.45, 7) is -1.43. The second-order valence-electron chi connectivity index (χ2n) is 2.75. The molecule has 15 heavy (non-hydrogen) atoms. The Hall–Kier alpha value is -1.44. The lowest BCUT2D eigenvalue weighted by Crippen LogP contribution is -2.21. The molecule has 0 aromatic carbocycles. The molecule has 0 spiro atoms. The molecule has 0 amide bonds. The van der Waals surface area contributed by atoms with E-state index in [1.165, 1.54) is 7.11 Å². The Labute approximate surface area is 82.8 Å². The molecule has 84 valence electrons. The van der Waals surface area contributed by atoms with E-state index < -0.39 is 12.7 Å². The molecule has 0 fully saturated rings. The Morgan fingerprint density at radius 1 is 1.53 bits per heavy atom. The fourth-order valence-electron chi connectivity index (χ4n) is 1.02. The van der Waals surface area contributed by atoms with Crippen LogP contribution in [0.15, 0.2) is 0 Å². The number of carbonyl (C=O) groups excluding carboxylic acids is 1. The lowest BCUT2D eigenvalue weighted by Gasteiger charge is -2.08. The van der Waals surface area contributed by atoms with Gasteiger partial charge in [0.05, 0.1) is 12.3 Å². The van der Waals surface area contributed by atoms with Crippen molar-refractivity contribution in [3.05, 3.63) is 11.4 Å². The number of rotatable bonds is 4. The summed E-state index contributed by atoms with van der Waals surface area (Å²) >= 11 is 0. The molecule has 1 heterocycles. The largest absolute Gasteiger partial charge is 0.408 e. The van der Waals surface area contributed by atoms with Crippen LogP contribution in [0.4, 0.5) is 13.2 Å². The Balaban J connectivity index is 2.96. The van der Waals surface area contributed by atoms with E-state index in [2.05, 4.69) is 15.0 Å². The molecule has 0 aliphatic rings. The minimum atomic E-state index is -4.41. The van der Waals surface area contributed by atoms with Crippen LogP contribution >= 0.6 is 0 Å². The van der Waals surface area contributed by atoms with Crippen LogP contribution in [0.1, 0.15) is 16.2 Å². The SMILES string of the molecule is COCc1c(C=O)nnn1CC(F)(F)F. The van der Waals surface area contributed by atoms with E-state index in [4.69, 9.17) is 0 Å². The summed E-state index contributed by atoms with van der Waals surface area (Å²) in [5, 5.41) is 6.53. The van der Waals surface area contributed by atoms with Crippen molar-refractivity contribution in [3.8, 4) is 0 Å². The minimum absolute atomic E-state index is 0.0184. The number of ether oxygens (including phenoxy) is 1. The second kappa shape index (κ2) is 4.39. The van der Waals surface area contributed by atoms with Gasteiger partial charge in [-0.2, -0.15) is 13.2 Å². The van der Waals surface area contributed by atoms with E-state index in [1.807, 2.05) is 0 Å². The third-order valence-corrected chi connectivity index (χ3v) is 1.59. The molecule has 0 aliphatic heterocycles. The number of aromatic nitrogens is 3. The van der Waals surface area contributed by atoms with Crippen molar-refractivity contribution >= 4 is 6.29 Å². The second-order valence-corrected chi connectivity index (χ2v) is 2.75. The third-order valence-electron chi connectivity index (χ3n) is 1.59. The van der Waals surface area contributed by atoms with E-state index in [0.717, 1.165) is 0 Å². The average Bonchev–Trinajstić information content (AvgIpc) is 2.47. The van der Waals surface area contributed by atoms with Crippen LogP contribution < -0.4 is 0 Å². The van der Waals surface area contributed by atoms with E-state index in [1.54, 1.807) is 0 Å². The van der Waals surface area contributed by atoms with Crippen molar-refractivity contribution in [2.24, 2.45) is 0 Å². The van der Waals surface area contributed by atoms with Gasteiger partial charge in [-0.25, -0.2) is 4.68 Å². The summed E-state index contributed by atoms with van der Waals surface area (Å²) in [7, 11) is 1.31. The maximum atomic E-state index is 12.1.